The Morgan fingerprint density at radius 3 is 2.32 bits per heavy atom. The molecule has 0 bridgehead atoms. The summed E-state index contributed by atoms with van der Waals surface area (Å²) in [5, 5.41) is 16.1. The molecule has 4 rings (SSSR count). The minimum absolute atomic E-state index is 0.447. The molecule has 31 heavy (non-hydrogen) atoms. The third kappa shape index (κ3) is 3.40. The number of imidazole rings is 1. The smallest absolute Gasteiger partial charge is 0.203 e. The predicted octanol–water partition coefficient (Wildman–Crippen LogP) is 4.59. The fraction of sp³-hybridized carbons (Fsp3) is 0.217. The number of benzene rings is 2. The van der Waals surface area contributed by atoms with E-state index in [2.05, 4.69) is 29.5 Å². The third-order valence-electron chi connectivity index (χ3n) is 5.15. The molecule has 0 unspecified atom stereocenters. The molecule has 0 aliphatic carbocycles. The minimum atomic E-state index is 0.447. The largest absolute Gasteiger partial charge is 0.493 e. The highest BCUT2D eigenvalue weighted by Gasteiger charge is 2.22. The fourth-order valence-corrected chi connectivity index (χ4v) is 3.62. The normalized spacial score (nSPS) is 10.7. The summed E-state index contributed by atoms with van der Waals surface area (Å²) >= 11 is 0. The molecule has 8 nitrogen and oxygen atoms in total. The molecule has 0 spiro atoms. The summed E-state index contributed by atoms with van der Waals surface area (Å²) in [7, 11) is 4.70. The highest BCUT2D eigenvalue weighted by molar-refractivity contribution is 5.83. The van der Waals surface area contributed by atoms with Crippen LogP contribution in [-0.2, 0) is 0 Å². The van der Waals surface area contributed by atoms with E-state index in [4.69, 9.17) is 19.2 Å². The number of fused-ring (bicyclic) bond motifs is 1. The van der Waals surface area contributed by atoms with E-state index >= 15 is 0 Å². The Bertz CT molecular complexity index is 1290. The SMILES string of the molecule is COc1cc(-c2nc3c(C#N)c[nH]n3c2Nc2ccc(C)cc2C)cc(OC)c1OC. The van der Waals surface area contributed by atoms with Crippen molar-refractivity contribution in [3.05, 3.63) is 53.2 Å². The number of aryl methyl sites for hydroxylation is 2. The van der Waals surface area contributed by atoms with Crippen LogP contribution in [0.3, 0.4) is 0 Å². The third-order valence-corrected chi connectivity index (χ3v) is 5.15. The van der Waals surface area contributed by atoms with Crippen molar-refractivity contribution < 1.29 is 14.2 Å². The topological polar surface area (TPSA) is 96.6 Å². The van der Waals surface area contributed by atoms with Crippen molar-refractivity contribution >= 4 is 17.2 Å². The van der Waals surface area contributed by atoms with Gasteiger partial charge in [-0.2, -0.15) is 5.26 Å². The van der Waals surface area contributed by atoms with E-state index in [1.54, 1.807) is 32.0 Å². The lowest BCUT2D eigenvalue weighted by molar-refractivity contribution is 0.324. The first-order valence-corrected chi connectivity index (χ1v) is 9.65. The second-order valence-corrected chi connectivity index (χ2v) is 7.12. The van der Waals surface area contributed by atoms with E-state index in [9.17, 15) is 5.26 Å². The van der Waals surface area contributed by atoms with Crippen molar-refractivity contribution in [2.45, 2.75) is 13.8 Å². The molecule has 0 atom stereocenters. The van der Waals surface area contributed by atoms with Crippen molar-refractivity contribution in [2.24, 2.45) is 0 Å². The number of aromatic nitrogens is 3. The molecular weight excluding hydrogens is 394 g/mol. The molecule has 2 aromatic carbocycles. The Morgan fingerprint density at radius 2 is 1.74 bits per heavy atom. The van der Waals surface area contributed by atoms with Gasteiger partial charge in [-0.1, -0.05) is 17.7 Å². The second-order valence-electron chi connectivity index (χ2n) is 7.12. The zero-order valence-corrected chi connectivity index (χ0v) is 18.0. The van der Waals surface area contributed by atoms with Crippen LogP contribution in [0, 0.1) is 25.2 Å². The summed E-state index contributed by atoms with van der Waals surface area (Å²) in [5.41, 5.74) is 5.58. The van der Waals surface area contributed by atoms with Gasteiger partial charge in [-0.25, -0.2) is 9.50 Å². The van der Waals surface area contributed by atoms with Gasteiger partial charge in [-0.3, -0.25) is 5.10 Å². The standard InChI is InChI=1S/C23H23N5O3/c1-13-6-7-17(14(2)8-13)26-23-20(27-22-16(11-24)12-25-28(22)23)15-9-18(29-3)21(31-5)19(10-15)30-4/h6-10,12,25-26H,1-5H3. The van der Waals surface area contributed by atoms with Gasteiger partial charge < -0.3 is 19.5 Å². The van der Waals surface area contributed by atoms with E-state index < -0.39 is 0 Å². The summed E-state index contributed by atoms with van der Waals surface area (Å²) < 4.78 is 18.2. The van der Waals surface area contributed by atoms with Crippen LogP contribution >= 0.6 is 0 Å². The number of hydrogen-bond donors (Lipinski definition) is 2. The first-order chi connectivity index (χ1) is 15.0. The van der Waals surface area contributed by atoms with Crippen molar-refractivity contribution in [3.63, 3.8) is 0 Å². The van der Waals surface area contributed by atoms with E-state index in [-0.39, 0.29) is 0 Å². The molecule has 2 aromatic heterocycles. The van der Waals surface area contributed by atoms with Gasteiger partial charge >= 0.3 is 0 Å². The van der Waals surface area contributed by atoms with E-state index in [0.29, 0.717) is 40.0 Å². The van der Waals surface area contributed by atoms with Crippen LogP contribution < -0.4 is 19.5 Å². The Kier molecular flexibility index (Phi) is 5.17. The van der Waals surface area contributed by atoms with Crippen LogP contribution in [-0.4, -0.2) is 35.9 Å². The Morgan fingerprint density at radius 1 is 1.03 bits per heavy atom. The van der Waals surface area contributed by atoms with Crippen LogP contribution in [0.25, 0.3) is 16.9 Å². The Balaban J connectivity index is 1.95. The average molecular weight is 417 g/mol. The highest BCUT2D eigenvalue weighted by Crippen LogP contribution is 2.43. The molecule has 2 N–H and O–H groups in total. The lowest BCUT2D eigenvalue weighted by Gasteiger charge is -2.15. The number of methoxy groups -OCH3 is 3. The first kappa shape index (κ1) is 20.2. The van der Waals surface area contributed by atoms with Crippen LogP contribution in [0.1, 0.15) is 16.7 Å². The maximum atomic E-state index is 9.49. The first-order valence-electron chi connectivity index (χ1n) is 9.65. The number of H-pyrrole nitrogens is 1. The van der Waals surface area contributed by atoms with Crippen molar-refractivity contribution in [3.8, 4) is 34.6 Å². The Labute approximate surface area is 180 Å². The summed E-state index contributed by atoms with van der Waals surface area (Å²) in [6.45, 7) is 4.10. The van der Waals surface area contributed by atoms with Gasteiger partial charge in [-0.05, 0) is 37.6 Å². The van der Waals surface area contributed by atoms with Gasteiger partial charge in [-0.15, -0.1) is 0 Å². The van der Waals surface area contributed by atoms with Gasteiger partial charge in [0.05, 0.1) is 21.3 Å². The molecular formula is C23H23N5O3. The van der Waals surface area contributed by atoms with Crippen molar-refractivity contribution in [1.29, 1.82) is 5.26 Å². The molecule has 0 aliphatic heterocycles. The van der Waals surface area contributed by atoms with E-state index in [1.807, 2.05) is 31.2 Å². The number of ether oxygens (including phenoxy) is 3. The zero-order chi connectivity index (χ0) is 22.1. The molecule has 0 saturated carbocycles. The minimum Gasteiger partial charge on any atom is -0.493 e. The summed E-state index contributed by atoms with van der Waals surface area (Å²) in [5.74, 6) is 2.23. The van der Waals surface area contributed by atoms with Gasteiger partial charge in [0, 0.05) is 17.4 Å². The van der Waals surface area contributed by atoms with Gasteiger partial charge in [0.25, 0.3) is 0 Å². The number of nitrogens with zero attached hydrogens (tertiary/aromatic N) is 3. The molecule has 4 aromatic rings. The molecule has 0 saturated heterocycles. The zero-order valence-electron chi connectivity index (χ0n) is 18.0. The van der Waals surface area contributed by atoms with E-state index in [0.717, 1.165) is 16.8 Å². The van der Waals surface area contributed by atoms with Crippen LogP contribution in [0.2, 0.25) is 0 Å². The lowest BCUT2D eigenvalue weighted by Crippen LogP contribution is -2.00. The van der Waals surface area contributed by atoms with Crippen LogP contribution in [0.5, 0.6) is 17.2 Å². The summed E-state index contributed by atoms with van der Waals surface area (Å²) in [6, 6.07) is 12.0. The van der Waals surface area contributed by atoms with Gasteiger partial charge in [0.1, 0.15) is 17.3 Å². The monoisotopic (exact) mass is 417 g/mol. The molecule has 0 radical (unpaired) electrons. The van der Waals surface area contributed by atoms with Gasteiger partial charge in [0.15, 0.2) is 23.0 Å². The predicted molar refractivity (Wildman–Crippen MR) is 119 cm³/mol. The maximum absolute atomic E-state index is 9.49. The molecule has 0 amide bonds. The van der Waals surface area contributed by atoms with Crippen LogP contribution in [0.15, 0.2) is 36.5 Å². The molecule has 0 aliphatic rings. The number of nitriles is 1. The number of rotatable bonds is 6. The molecule has 8 heteroatoms. The van der Waals surface area contributed by atoms with E-state index in [1.165, 1.54) is 5.56 Å². The van der Waals surface area contributed by atoms with Crippen molar-refractivity contribution in [1.82, 2.24) is 14.6 Å². The Hall–Kier alpha value is -4.12. The maximum Gasteiger partial charge on any atom is 0.203 e. The van der Waals surface area contributed by atoms with Crippen LogP contribution in [0.4, 0.5) is 11.5 Å². The highest BCUT2D eigenvalue weighted by atomic mass is 16.5. The second kappa shape index (κ2) is 7.95. The van der Waals surface area contributed by atoms with Gasteiger partial charge in [0.2, 0.25) is 5.75 Å². The number of aromatic amines is 1. The number of nitrogens with one attached hydrogen (secondary N) is 2. The quantitative estimate of drug-likeness (QED) is 0.476. The fourth-order valence-electron chi connectivity index (χ4n) is 3.62. The molecule has 158 valence electrons. The number of anilines is 2. The molecule has 0 fully saturated rings. The average Bonchev–Trinajstić information content (AvgIpc) is 3.34. The molecule has 2 heterocycles. The summed E-state index contributed by atoms with van der Waals surface area (Å²) in [4.78, 5) is 4.76. The lowest BCUT2D eigenvalue weighted by atomic mass is 10.1. The number of hydrogen-bond acceptors (Lipinski definition) is 6. The summed E-state index contributed by atoms with van der Waals surface area (Å²) in [6.07, 6.45) is 1.63. The van der Waals surface area contributed by atoms with Crippen molar-refractivity contribution in [2.75, 3.05) is 26.6 Å².